The molecule has 88 valence electrons. The van der Waals surface area contributed by atoms with Crippen LogP contribution < -0.4 is 11.1 Å². The van der Waals surface area contributed by atoms with E-state index in [4.69, 9.17) is 5.73 Å². The molecule has 0 saturated carbocycles. The number of rotatable bonds is 6. The summed E-state index contributed by atoms with van der Waals surface area (Å²) in [7, 11) is 0. The van der Waals surface area contributed by atoms with Crippen LogP contribution in [-0.4, -0.2) is 38.4 Å². The summed E-state index contributed by atoms with van der Waals surface area (Å²) in [6.07, 6.45) is -1.18. The van der Waals surface area contributed by atoms with E-state index >= 15 is 0 Å². The van der Waals surface area contributed by atoms with Gasteiger partial charge in [0.05, 0.1) is 0 Å². The molecule has 0 spiro atoms. The monoisotopic (exact) mass is 226 g/mol. The van der Waals surface area contributed by atoms with Gasteiger partial charge >= 0.3 is 6.18 Å². The first-order valence-corrected chi connectivity index (χ1v) is 4.22. The lowest BCUT2D eigenvalue weighted by Crippen LogP contribution is -2.29. The van der Waals surface area contributed by atoms with Crippen LogP contribution in [0.15, 0.2) is 12.2 Å². The number of hydrogen-bond donors (Lipinski definition) is 2. The number of halogens is 3. The Kier molecular flexibility index (Phi) is 6.72. The van der Waals surface area contributed by atoms with Crippen molar-refractivity contribution in [3.63, 3.8) is 0 Å². The van der Waals surface area contributed by atoms with E-state index in [2.05, 4.69) is 10.1 Å². The minimum absolute atomic E-state index is 0.228. The van der Waals surface area contributed by atoms with Crippen molar-refractivity contribution in [3.8, 4) is 0 Å². The largest absolute Gasteiger partial charge is 0.411 e. The van der Waals surface area contributed by atoms with Crippen LogP contribution in [0.5, 0.6) is 0 Å². The van der Waals surface area contributed by atoms with Gasteiger partial charge in [-0.05, 0) is 0 Å². The second-order valence-electron chi connectivity index (χ2n) is 2.62. The van der Waals surface area contributed by atoms with Crippen molar-refractivity contribution in [3.05, 3.63) is 12.2 Å². The third-order valence-corrected chi connectivity index (χ3v) is 1.22. The number of nitrogens with two attached hydrogens (primary N) is 1. The van der Waals surface area contributed by atoms with Crippen molar-refractivity contribution in [2.45, 2.75) is 6.18 Å². The minimum atomic E-state index is -4.40. The van der Waals surface area contributed by atoms with Gasteiger partial charge in [-0.2, -0.15) is 13.2 Å². The summed E-state index contributed by atoms with van der Waals surface area (Å²) in [5, 5.41) is 2.33. The third-order valence-electron chi connectivity index (χ3n) is 1.22. The molecule has 0 aliphatic heterocycles. The van der Waals surface area contributed by atoms with E-state index < -0.39 is 25.3 Å². The average Bonchev–Trinajstić information content (AvgIpc) is 2.10. The van der Waals surface area contributed by atoms with Crippen molar-refractivity contribution in [2.24, 2.45) is 5.73 Å². The van der Waals surface area contributed by atoms with Crippen LogP contribution in [-0.2, 0) is 9.53 Å². The number of carbonyl (C=O) groups is 1. The van der Waals surface area contributed by atoms with Crippen molar-refractivity contribution in [2.75, 3.05) is 26.3 Å². The second kappa shape index (κ2) is 7.24. The molecule has 0 aromatic rings. The zero-order valence-corrected chi connectivity index (χ0v) is 8.01. The Hall–Kier alpha value is -1.08. The number of ether oxygens (including phenoxy) is 1. The van der Waals surface area contributed by atoms with Gasteiger partial charge in [0.25, 0.3) is 0 Å². The SMILES string of the molecule is NC/C=C/CNC(=O)COCC(F)(F)F. The molecular formula is C8H13F3N2O2. The molecular weight excluding hydrogens is 213 g/mol. The van der Waals surface area contributed by atoms with Gasteiger partial charge in [-0.15, -0.1) is 0 Å². The van der Waals surface area contributed by atoms with Gasteiger partial charge in [0, 0.05) is 13.1 Å². The quantitative estimate of drug-likeness (QED) is 0.636. The summed E-state index contributed by atoms with van der Waals surface area (Å²) in [4.78, 5) is 10.8. The standard InChI is InChI=1S/C8H13F3N2O2/c9-8(10,11)6-15-5-7(14)13-4-2-1-3-12/h1-2H,3-6,12H2,(H,13,14)/b2-1+. The van der Waals surface area contributed by atoms with Crippen molar-refractivity contribution >= 4 is 5.91 Å². The predicted octanol–water partition coefficient (Wildman–Crippen LogP) is 0.196. The van der Waals surface area contributed by atoms with Crippen molar-refractivity contribution < 1.29 is 22.7 Å². The molecule has 0 rings (SSSR count). The maximum absolute atomic E-state index is 11.6. The average molecular weight is 226 g/mol. The molecule has 0 aromatic carbocycles. The maximum Gasteiger partial charge on any atom is 0.411 e. The molecule has 0 radical (unpaired) electrons. The first-order chi connectivity index (χ1) is 6.95. The lowest BCUT2D eigenvalue weighted by Gasteiger charge is -2.07. The van der Waals surface area contributed by atoms with Crippen molar-refractivity contribution in [1.82, 2.24) is 5.32 Å². The summed E-state index contributed by atoms with van der Waals surface area (Å²) in [6.45, 7) is -1.44. The summed E-state index contributed by atoms with van der Waals surface area (Å²) < 4.78 is 38.9. The lowest BCUT2D eigenvalue weighted by molar-refractivity contribution is -0.175. The Balaban J connectivity index is 3.46. The van der Waals surface area contributed by atoms with Crippen LogP contribution in [0, 0.1) is 0 Å². The summed E-state index contributed by atoms with van der Waals surface area (Å²) in [6, 6.07) is 0. The molecule has 0 atom stereocenters. The van der Waals surface area contributed by atoms with Crippen molar-refractivity contribution in [1.29, 1.82) is 0 Å². The van der Waals surface area contributed by atoms with E-state index in [1.165, 1.54) is 0 Å². The molecule has 3 N–H and O–H groups in total. The first-order valence-electron chi connectivity index (χ1n) is 4.22. The summed E-state index contributed by atoms with van der Waals surface area (Å²) in [5.41, 5.74) is 5.12. The van der Waals surface area contributed by atoms with Gasteiger partial charge in [0.1, 0.15) is 13.2 Å². The van der Waals surface area contributed by atoms with E-state index in [0.717, 1.165) is 0 Å². The molecule has 0 aliphatic rings. The fourth-order valence-corrected chi connectivity index (χ4v) is 0.663. The van der Waals surface area contributed by atoms with Crippen LogP contribution in [0.3, 0.4) is 0 Å². The fraction of sp³-hybridized carbons (Fsp3) is 0.625. The highest BCUT2D eigenvalue weighted by Gasteiger charge is 2.27. The predicted molar refractivity (Wildman–Crippen MR) is 48.1 cm³/mol. The highest BCUT2D eigenvalue weighted by Crippen LogP contribution is 2.13. The molecule has 0 fully saturated rings. The lowest BCUT2D eigenvalue weighted by atomic mass is 10.5. The summed E-state index contributed by atoms with van der Waals surface area (Å²) in [5.74, 6) is -0.596. The molecule has 0 unspecified atom stereocenters. The third kappa shape index (κ3) is 10.8. The fourth-order valence-electron chi connectivity index (χ4n) is 0.663. The highest BCUT2D eigenvalue weighted by molar-refractivity contribution is 5.77. The Bertz CT molecular complexity index is 216. The first kappa shape index (κ1) is 13.9. The number of amides is 1. The molecule has 0 aliphatic carbocycles. The Labute approximate surface area is 85.3 Å². The molecule has 7 heteroatoms. The normalized spacial score (nSPS) is 12.0. The minimum Gasteiger partial charge on any atom is -0.362 e. The van der Waals surface area contributed by atoms with Gasteiger partial charge in [-0.3, -0.25) is 4.79 Å². The Morgan fingerprint density at radius 3 is 2.60 bits per heavy atom. The molecule has 1 amide bonds. The zero-order chi connectivity index (χ0) is 11.7. The zero-order valence-electron chi connectivity index (χ0n) is 8.01. The smallest absolute Gasteiger partial charge is 0.362 e. The molecule has 0 aromatic heterocycles. The van der Waals surface area contributed by atoms with E-state index in [-0.39, 0.29) is 6.54 Å². The molecule has 0 heterocycles. The van der Waals surface area contributed by atoms with E-state index in [1.54, 1.807) is 12.2 Å². The Morgan fingerprint density at radius 2 is 2.07 bits per heavy atom. The number of carbonyl (C=O) groups excluding carboxylic acids is 1. The van der Waals surface area contributed by atoms with Gasteiger partial charge < -0.3 is 15.8 Å². The van der Waals surface area contributed by atoms with Gasteiger partial charge in [-0.1, -0.05) is 12.2 Å². The van der Waals surface area contributed by atoms with Gasteiger partial charge in [0.15, 0.2) is 0 Å². The van der Waals surface area contributed by atoms with Crippen LogP contribution in [0.4, 0.5) is 13.2 Å². The molecule has 0 bridgehead atoms. The maximum atomic E-state index is 11.6. The number of hydrogen-bond acceptors (Lipinski definition) is 3. The van der Waals surface area contributed by atoms with Gasteiger partial charge in [0.2, 0.25) is 5.91 Å². The number of nitrogens with one attached hydrogen (secondary N) is 1. The number of alkyl halides is 3. The van der Waals surface area contributed by atoms with E-state index in [9.17, 15) is 18.0 Å². The Morgan fingerprint density at radius 1 is 1.40 bits per heavy atom. The van der Waals surface area contributed by atoms with Crippen LogP contribution in [0.2, 0.25) is 0 Å². The van der Waals surface area contributed by atoms with Crippen LogP contribution >= 0.6 is 0 Å². The summed E-state index contributed by atoms with van der Waals surface area (Å²) >= 11 is 0. The second-order valence-corrected chi connectivity index (χ2v) is 2.62. The molecule has 15 heavy (non-hydrogen) atoms. The molecule has 0 saturated heterocycles. The topological polar surface area (TPSA) is 64.3 Å². The van der Waals surface area contributed by atoms with E-state index in [0.29, 0.717) is 6.54 Å². The van der Waals surface area contributed by atoms with Crippen LogP contribution in [0.1, 0.15) is 0 Å². The van der Waals surface area contributed by atoms with Gasteiger partial charge in [-0.25, -0.2) is 0 Å². The van der Waals surface area contributed by atoms with Crippen LogP contribution in [0.25, 0.3) is 0 Å². The van der Waals surface area contributed by atoms with E-state index in [1.807, 2.05) is 0 Å². The molecule has 4 nitrogen and oxygen atoms in total. The highest BCUT2D eigenvalue weighted by atomic mass is 19.4.